The summed E-state index contributed by atoms with van der Waals surface area (Å²) in [5, 5.41) is 11.0. The predicted molar refractivity (Wildman–Crippen MR) is 83.0 cm³/mol. The average Bonchev–Trinajstić information content (AvgIpc) is 2.83. The number of rotatable bonds is 2. The van der Waals surface area contributed by atoms with Gasteiger partial charge in [0.15, 0.2) is 11.5 Å². The van der Waals surface area contributed by atoms with Gasteiger partial charge in [0.1, 0.15) is 0 Å². The first-order valence-corrected chi connectivity index (χ1v) is 6.88. The molecular weight excluding hydrogens is 311 g/mol. The molecule has 7 heteroatoms. The monoisotopic (exact) mass is 320 g/mol. The van der Waals surface area contributed by atoms with Gasteiger partial charge in [-0.2, -0.15) is 5.10 Å². The molecule has 0 atom stereocenters. The summed E-state index contributed by atoms with van der Waals surface area (Å²) in [6, 6.07) is 8.40. The van der Waals surface area contributed by atoms with E-state index in [1.807, 2.05) is 19.1 Å². The standard InChI is InChI=1S/C14H10Cl2N4O/c1-7-2-4-9-12(17-7)19-20-13(9)18-14(21)10-6-8(15)3-5-11(10)16/h2-6H,1H3,(H2,17,18,19,20,21). The van der Waals surface area contributed by atoms with Crippen molar-refractivity contribution in [2.75, 3.05) is 5.32 Å². The third-order valence-electron chi connectivity index (χ3n) is 2.97. The maximum absolute atomic E-state index is 12.3. The van der Waals surface area contributed by atoms with Gasteiger partial charge in [0, 0.05) is 10.7 Å². The molecule has 2 N–H and O–H groups in total. The fourth-order valence-corrected chi connectivity index (χ4v) is 2.32. The molecule has 0 fully saturated rings. The van der Waals surface area contributed by atoms with Crippen molar-refractivity contribution in [2.24, 2.45) is 0 Å². The van der Waals surface area contributed by atoms with Crippen LogP contribution >= 0.6 is 23.2 Å². The Morgan fingerprint density at radius 3 is 2.86 bits per heavy atom. The lowest BCUT2D eigenvalue weighted by atomic mass is 10.2. The van der Waals surface area contributed by atoms with Crippen LogP contribution in [0.1, 0.15) is 16.1 Å². The molecule has 0 aliphatic carbocycles. The molecule has 0 aliphatic rings. The van der Waals surface area contributed by atoms with Gasteiger partial charge in [0.25, 0.3) is 5.91 Å². The second-order valence-electron chi connectivity index (χ2n) is 4.50. The molecule has 0 saturated carbocycles. The van der Waals surface area contributed by atoms with E-state index < -0.39 is 0 Å². The third kappa shape index (κ3) is 2.70. The molecule has 0 unspecified atom stereocenters. The van der Waals surface area contributed by atoms with Gasteiger partial charge >= 0.3 is 0 Å². The van der Waals surface area contributed by atoms with Gasteiger partial charge in [-0.3, -0.25) is 9.89 Å². The zero-order valence-electron chi connectivity index (χ0n) is 10.9. The summed E-state index contributed by atoms with van der Waals surface area (Å²) in [6.45, 7) is 1.88. The van der Waals surface area contributed by atoms with Crippen molar-refractivity contribution in [1.29, 1.82) is 0 Å². The molecule has 3 aromatic rings. The molecular formula is C14H10Cl2N4O. The molecule has 21 heavy (non-hydrogen) atoms. The number of pyridine rings is 1. The molecule has 3 rings (SSSR count). The fraction of sp³-hybridized carbons (Fsp3) is 0.0714. The number of halogens is 2. The van der Waals surface area contributed by atoms with E-state index in [4.69, 9.17) is 23.2 Å². The highest BCUT2D eigenvalue weighted by molar-refractivity contribution is 6.36. The molecule has 0 radical (unpaired) electrons. The SMILES string of the molecule is Cc1ccc2c(NC(=O)c3cc(Cl)ccc3Cl)n[nH]c2n1. The van der Waals surface area contributed by atoms with Crippen molar-refractivity contribution in [3.8, 4) is 0 Å². The van der Waals surface area contributed by atoms with Crippen LogP contribution in [-0.4, -0.2) is 21.1 Å². The number of carbonyl (C=O) groups is 1. The van der Waals surface area contributed by atoms with Gasteiger partial charge in [-0.15, -0.1) is 0 Å². The van der Waals surface area contributed by atoms with Crippen LogP contribution in [-0.2, 0) is 0 Å². The van der Waals surface area contributed by atoms with E-state index in [1.54, 1.807) is 12.1 Å². The van der Waals surface area contributed by atoms with Crippen molar-refractivity contribution in [1.82, 2.24) is 15.2 Å². The summed E-state index contributed by atoms with van der Waals surface area (Å²) in [5.41, 5.74) is 1.77. The maximum atomic E-state index is 12.3. The Labute approximate surface area is 130 Å². The van der Waals surface area contributed by atoms with E-state index in [0.717, 1.165) is 11.1 Å². The highest BCUT2D eigenvalue weighted by atomic mass is 35.5. The van der Waals surface area contributed by atoms with Gasteiger partial charge in [-0.05, 0) is 37.3 Å². The van der Waals surface area contributed by atoms with E-state index in [-0.39, 0.29) is 5.91 Å². The van der Waals surface area contributed by atoms with Crippen molar-refractivity contribution in [3.63, 3.8) is 0 Å². The van der Waals surface area contributed by atoms with Gasteiger partial charge in [0.05, 0.1) is 16.0 Å². The molecule has 0 bridgehead atoms. The van der Waals surface area contributed by atoms with Gasteiger partial charge in [-0.1, -0.05) is 23.2 Å². The predicted octanol–water partition coefficient (Wildman–Crippen LogP) is 3.83. The van der Waals surface area contributed by atoms with E-state index in [0.29, 0.717) is 27.1 Å². The molecule has 1 amide bonds. The van der Waals surface area contributed by atoms with E-state index in [1.165, 1.54) is 6.07 Å². The molecule has 0 saturated heterocycles. The minimum atomic E-state index is -0.378. The minimum Gasteiger partial charge on any atom is -0.304 e. The summed E-state index contributed by atoms with van der Waals surface area (Å²) >= 11 is 11.9. The Bertz CT molecular complexity index is 844. The number of amides is 1. The number of carbonyl (C=O) groups excluding carboxylic acids is 1. The Hall–Kier alpha value is -2.11. The van der Waals surface area contributed by atoms with E-state index >= 15 is 0 Å². The largest absolute Gasteiger partial charge is 0.304 e. The number of aromatic amines is 1. The van der Waals surface area contributed by atoms with Crippen LogP contribution < -0.4 is 5.32 Å². The molecule has 0 aliphatic heterocycles. The lowest BCUT2D eigenvalue weighted by molar-refractivity contribution is 0.102. The number of anilines is 1. The van der Waals surface area contributed by atoms with Crippen LogP contribution in [0.25, 0.3) is 11.0 Å². The molecule has 2 aromatic heterocycles. The summed E-state index contributed by atoms with van der Waals surface area (Å²) in [5.74, 6) is 0.0232. The number of benzene rings is 1. The van der Waals surface area contributed by atoms with Crippen molar-refractivity contribution < 1.29 is 4.79 Å². The third-order valence-corrected chi connectivity index (χ3v) is 3.53. The van der Waals surface area contributed by atoms with Crippen LogP contribution in [0, 0.1) is 6.92 Å². The number of hydrogen-bond donors (Lipinski definition) is 2. The average molecular weight is 321 g/mol. The topological polar surface area (TPSA) is 70.7 Å². The number of nitrogens with one attached hydrogen (secondary N) is 2. The lowest BCUT2D eigenvalue weighted by Gasteiger charge is -2.05. The number of fused-ring (bicyclic) bond motifs is 1. The normalized spacial score (nSPS) is 10.8. The first-order chi connectivity index (χ1) is 10.0. The second kappa shape index (κ2) is 5.35. The molecule has 0 spiro atoms. The lowest BCUT2D eigenvalue weighted by Crippen LogP contribution is -2.13. The number of aryl methyl sites for hydroxylation is 1. The highest BCUT2D eigenvalue weighted by Crippen LogP contribution is 2.23. The molecule has 1 aromatic carbocycles. The van der Waals surface area contributed by atoms with Crippen molar-refractivity contribution in [2.45, 2.75) is 6.92 Å². The number of H-pyrrole nitrogens is 1. The van der Waals surface area contributed by atoms with Crippen LogP contribution in [0.2, 0.25) is 10.0 Å². The van der Waals surface area contributed by atoms with Crippen LogP contribution in [0.4, 0.5) is 5.82 Å². The minimum absolute atomic E-state index is 0.292. The number of hydrogen-bond acceptors (Lipinski definition) is 3. The van der Waals surface area contributed by atoms with Crippen LogP contribution in [0.5, 0.6) is 0 Å². The first-order valence-electron chi connectivity index (χ1n) is 6.13. The molecule has 5 nitrogen and oxygen atoms in total. The summed E-state index contributed by atoms with van der Waals surface area (Å²) < 4.78 is 0. The Kier molecular flexibility index (Phi) is 3.53. The van der Waals surface area contributed by atoms with Crippen molar-refractivity contribution >= 4 is 46.0 Å². The Morgan fingerprint density at radius 1 is 1.24 bits per heavy atom. The molecule has 2 heterocycles. The smallest absolute Gasteiger partial charge is 0.258 e. The quantitative estimate of drug-likeness (QED) is 0.753. The number of aromatic nitrogens is 3. The summed E-state index contributed by atoms with van der Waals surface area (Å²) in [6.07, 6.45) is 0. The Balaban J connectivity index is 1.95. The van der Waals surface area contributed by atoms with Gasteiger partial charge in [0.2, 0.25) is 0 Å². The fourth-order valence-electron chi connectivity index (χ4n) is 1.94. The zero-order chi connectivity index (χ0) is 15.0. The van der Waals surface area contributed by atoms with E-state index in [9.17, 15) is 4.79 Å². The Morgan fingerprint density at radius 2 is 2.05 bits per heavy atom. The van der Waals surface area contributed by atoms with Crippen LogP contribution in [0.15, 0.2) is 30.3 Å². The molecule has 106 valence electrons. The second-order valence-corrected chi connectivity index (χ2v) is 5.34. The van der Waals surface area contributed by atoms with E-state index in [2.05, 4.69) is 20.5 Å². The zero-order valence-corrected chi connectivity index (χ0v) is 12.5. The van der Waals surface area contributed by atoms with Gasteiger partial charge in [-0.25, -0.2) is 4.98 Å². The number of nitrogens with zero attached hydrogens (tertiary/aromatic N) is 2. The maximum Gasteiger partial charge on any atom is 0.258 e. The van der Waals surface area contributed by atoms with Crippen molar-refractivity contribution in [3.05, 3.63) is 51.6 Å². The summed E-state index contributed by atoms with van der Waals surface area (Å²) in [7, 11) is 0. The van der Waals surface area contributed by atoms with Gasteiger partial charge < -0.3 is 5.32 Å². The summed E-state index contributed by atoms with van der Waals surface area (Å²) in [4.78, 5) is 16.6. The van der Waals surface area contributed by atoms with Crippen LogP contribution in [0.3, 0.4) is 0 Å². The highest BCUT2D eigenvalue weighted by Gasteiger charge is 2.15. The first kappa shape index (κ1) is 13.9.